The minimum absolute atomic E-state index is 0.0780. The number of nitrogens with one attached hydrogen (secondary N) is 1. The van der Waals surface area contributed by atoms with Crippen molar-refractivity contribution in [3.05, 3.63) is 42.2 Å². The van der Waals surface area contributed by atoms with Gasteiger partial charge in [-0.2, -0.15) is 5.10 Å². The van der Waals surface area contributed by atoms with Gasteiger partial charge < -0.3 is 10.2 Å². The van der Waals surface area contributed by atoms with E-state index in [1.807, 2.05) is 0 Å². The summed E-state index contributed by atoms with van der Waals surface area (Å²) in [4.78, 5) is 24.1. The van der Waals surface area contributed by atoms with Crippen molar-refractivity contribution < 1.29 is 18.4 Å². The predicted octanol–water partition coefficient (Wildman–Crippen LogP) is 2.23. The molecule has 2 aromatic rings. The molecule has 1 N–H and O–H groups in total. The number of carbonyl (C=O) groups is 2. The van der Waals surface area contributed by atoms with Crippen molar-refractivity contribution in [3.8, 4) is 5.69 Å². The number of rotatable bonds is 5. The van der Waals surface area contributed by atoms with Crippen LogP contribution in [0.25, 0.3) is 5.69 Å². The molecule has 0 saturated carbocycles. The van der Waals surface area contributed by atoms with Gasteiger partial charge in [0.1, 0.15) is 5.69 Å². The number of para-hydroxylation sites is 1. The predicted molar refractivity (Wildman–Crippen MR) is 80.5 cm³/mol. The van der Waals surface area contributed by atoms with Crippen LogP contribution in [0.3, 0.4) is 0 Å². The van der Waals surface area contributed by atoms with Gasteiger partial charge in [-0.25, -0.2) is 13.5 Å². The fourth-order valence-corrected chi connectivity index (χ4v) is 1.96. The molecule has 1 aromatic carbocycles. The lowest BCUT2D eigenvalue weighted by atomic mass is 10.3. The molecule has 23 heavy (non-hydrogen) atoms. The van der Waals surface area contributed by atoms with Crippen LogP contribution in [-0.4, -0.2) is 40.1 Å². The Bertz CT molecular complexity index is 701. The molecule has 1 heterocycles. The zero-order valence-electron chi connectivity index (χ0n) is 12.7. The van der Waals surface area contributed by atoms with Crippen LogP contribution < -0.4 is 5.32 Å². The van der Waals surface area contributed by atoms with E-state index in [4.69, 9.17) is 0 Å². The van der Waals surface area contributed by atoms with Crippen LogP contribution in [0.2, 0.25) is 0 Å². The first kappa shape index (κ1) is 16.6. The highest BCUT2D eigenvalue weighted by atomic mass is 19.3. The van der Waals surface area contributed by atoms with E-state index in [2.05, 4.69) is 10.4 Å². The lowest BCUT2D eigenvalue weighted by Crippen LogP contribution is -2.33. The summed E-state index contributed by atoms with van der Waals surface area (Å²) in [5.41, 5.74) is -0.0232. The van der Waals surface area contributed by atoms with Gasteiger partial charge in [0.25, 0.3) is 6.43 Å². The van der Waals surface area contributed by atoms with Gasteiger partial charge in [-0.3, -0.25) is 9.59 Å². The normalized spacial score (nSPS) is 10.7. The third kappa shape index (κ3) is 3.91. The van der Waals surface area contributed by atoms with Crippen molar-refractivity contribution in [2.75, 3.05) is 18.9 Å². The summed E-state index contributed by atoms with van der Waals surface area (Å²) >= 11 is 0. The van der Waals surface area contributed by atoms with Crippen molar-refractivity contribution in [1.82, 2.24) is 14.7 Å². The first-order chi connectivity index (χ1) is 10.9. The number of alkyl halides is 2. The second-order valence-corrected chi connectivity index (χ2v) is 4.91. The third-order valence-electron chi connectivity index (χ3n) is 3.21. The van der Waals surface area contributed by atoms with Crippen LogP contribution in [0.4, 0.5) is 14.5 Å². The molecule has 0 bridgehead atoms. The zero-order chi connectivity index (χ0) is 17.0. The fourth-order valence-electron chi connectivity index (χ4n) is 1.96. The topological polar surface area (TPSA) is 67.2 Å². The molecule has 0 aliphatic rings. The number of hydrogen-bond donors (Lipinski definition) is 1. The smallest absolute Gasteiger partial charge is 0.282 e. The van der Waals surface area contributed by atoms with E-state index in [1.54, 1.807) is 30.3 Å². The molecule has 0 aliphatic carbocycles. The molecular weight excluding hydrogens is 306 g/mol. The first-order valence-corrected chi connectivity index (χ1v) is 6.83. The zero-order valence-corrected chi connectivity index (χ0v) is 12.7. The highest BCUT2D eigenvalue weighted by Crippen LogP contribution is 2.29. The molecular formula is C15H16F2N4O2. The molecule has 6 nitrogen and oxygen atoms in total. The minimum atomic E-state index is -2.82. The first-order valence-electron chi connectivity index (χ1n) is 6.83. The highest BCUT2D eigenvalue weighted by Gasteiger charge is 2.22. The number of carbonyl (C=O) groups excluding carboxylic acids is 2. The summed E-state index contributed by atoms with van der Waals surface area (Å²) in [7, 11) is 1.45. The van der Waals surface area contributed by atoms with Crippen LogP contribution in [0, 0.1) is 0 Å². The van der Waals surface area contributed by atoms with E-state index in [9.17, 15) is 18.4 Å². The average molecular weight is 322 g/mol. The number of nitrogens with zero attached hydrogens (tertiary/aromatic N) is 3. The number of anilines is 1. The van der Waals surface area contributed by atoms with E-state index in [1.165, 1.54) is 25.1 Å². The van der Waals surface area contributed by atoms with E-state index in [0.717, 1.165) is 4.68 Å². The van der Waals surface area contributed by atoms with Crippen molar-refractivity contribution in [3.63, 3.8) is 0 Å². The van der Waals surface area contributed by atoms with E-state index < -0.39 is 18.0 Å². The van der Waals surface area contributed by atoms with Crippen LogP contribution in [0.15, 0.2) is 36.5 Å². The Hall–Kier alpha value is -2.77. The summed E-state index contributed by atoms with van der Waals surface area (Å²) in [6, 6.07) is 8.43. The molecule has 0 radical (unpaired) electrons. The SMILES string of the molecule is CC(=O)N(C)CC(=O)Nc1cnn(-c2ccccc2)c1C(F)F. The average Bonchev–Trinajstić information content (AvgIpc) is 2.91. The molecule has 0 fully saturated rings. The lowest BCUT2D eigenvalue weighted by molar-refractivity contribution is -0.131. The summed E-state index contributed by atoms with van der Waals surface area (Å²) in [5, 5.41) is 6.29. The Morgan fingerprint density at radius 3 is 2.52 bits per heavy atom. The van der Waals surface area contributed by atoms with Crippen LogP contribution in [0.1, 0.15) is 19.0 Å². The van der Waals surface area contributed by atoms with Gasteiger partial charge >= 0.3 is 0 Å². The minimum Gasteiger partial charge on any atom is -0.337 e. The van der Waals surface area contributed by atoms with E-state index >= 15 is 0 Å². The standard InChI is InChI=1S/C15H16F2N4O2/c1-10(22)20(2)9-13(23)19-12-8-18-21(14(12)15(16)17)11-6-4-3-5-7-11/h3-8,15H,9H2,1-2H3,(H,19,23). The van der Waals surface area contributed by atoms with E-state index in [-0.39, 0.29) is 18.1 Å². The molecule has 0 saturated heterocycles. The lowest BCUT2D eigenvalue weighted by Gasteiger charge is -2.14. The summed E-state index contributed by atoms with van der Waals surface area (Å²) in [6.45, 7) is 1.08. The van der Waals surface area contributed by atoms with Gasteiger partial charge in [0.05, 0.1) is 24.1 Å². The molecule has 122 valence electrons. The number of aromatic nitrogens is 2. The van der Waals surface area contributed by atoms with Gasteiger partial charge in [0, 0.05) is 14.0 Å². The molecule has 2 amide bonds. The van der Waals surface area contributed by atoms with Gasteiger partial charge in [-0.05, 0) is 12.1 Å². The molecule has 0 atom stereocenters. The van der Waals surface area contributed by atoms with Crippen molar-refractivity contribution in [2.24, 2.45) is 0 Å². The van der Waals surface area contributed by atoms with Gasteiger partial charge in [-0.15, -0.1) is 0 Å². The highest BCUT2D eigenvalue weighted by molar-refractivity contribution is 5.94. The molecule has 0 aliphatic heterocycles. The third-order valence-corrected chi connectivity index (χ3v) is 3.21. The van der Waals surface area contributed by atoms with Gasteiger partial charge in [0.15, 0.2) is 0 Å². The Kier molecular flexibility index (Phi) is 5.05. The Morgan fingerprint density at radius 1 is 1.30 bits per heavy atom. The molecule has 2 rings (SSSR count). The maximum atomic E-state index is 13.4. The Morgan fingerprint density at radius 2 is 1.96 bits per heavy atom. The second kappa shape index (κ2) is 6.99. The number of hydrogen-bond acceptors (Lipinski definition) is 3. The van der Waals surface area contributed by atoms with Crippen molar-refractivity contribution >= 4 is 17.5 Å². The number of benzene rings is 1. The largest absolute Gasteiger partial charge is 0.337 e. The van der Waals surface area contributed by atoms with Crippen LogP contribution in [0.5, 0.6) is 0 Å². The quantitative estimate of drug-likeness (QED) is 0.918. The monoisotopic (exact) mass is 322 g/mol. The maximum Gasteiger partial charge on any atom is 0.282 e. The number of amides is 2. The molecule has 0 spiro atoms. The Balaban J connectivity index is 2.25. The van der Waals surface area contributed by atoms with Gasteiger partial charge in [-0.1, -0.05) is 18.2 Å². The summed E-state index contributed by atoms with van der Waals surface area (Å²) < 4.78 is 27.8. The van der Waals surface area contributed by atoms with Crippen LogP contribution in [-0.2, 0) is 9.59 Å². The van der Waals surface area contributed by atoms with E-state index in [0.29, 0.717) is 5.69 Å². The fraction of sp³-hybridized carbons (Fsp3) is 0.267. The Labute approximate surface area is 131 Å². The summed E-state index contributed by atoms with van der Waals surface area (Å²) in [5.74, 6) is -0.869. The second-order valence-electron chi connectivity index (χ2n) is 4.91. The maximum absolute atomic E-state index is 13.4. The van der Waals surface area contributed by atoms with Crippen LogP contribution >= 0.6 is 0 Å². The van der Waals surface area contributed by atoms with Crippen molar-refractivity contribution in [2.45, 2.75) is 13.3 Å². The summed E-state index contributed by atoms with van der Waals surface area (Å²) in [6.07, 6.45) is -1.65. The molecule has 8 heteroatoms. The number of halogens is 2. The van der Waals surface area contributed by atoms with Gasteiger partial charge in [0.2, 0.25) is 11.8 Å². The van der Waals surface area contributed by atoms with Crippen molar-refractivity contribution in [1.29, 1.82) is 0 Å². The number of likely N-dealkylation sites (N-methyl/N-ethyl adjacent to an activating group) is 1. The molecule has 0 unspecified atom stereocenters. The molecule has 1 aromatic heterocycles.